The number of hydrogen-bond acceptors (Lipinski definition) is 7. The van der Waals surface area contributed by atoms with Gasteiger partial charge in [0.25, 0.3) is 5.91 Å². The molecule has 0 saturated carbocycles. The van der Waals surface area contributed by atoms with E-state index < -0.39 is 6.17 Å². The maximum atomic E-state index is 13.8. The van der Waals surface area contributed by atoms with Gasteiger partial charge in [0.2, 0.25) is 0 Å². The summed E-state index contributed by atoms with van der Waals surface area (Å²) < 4.78 is 15.2. The number of carbonyl (C=O) groups excluding carboxylic acids is 1. The van der Waals surface area contributed by atoms with Crippen molar-refractivity contribution in [2.45, 2.75) is 69.9 Å². The third-order valence-electron chi connectivity index (χ3n) is 7.78. The first kappa shape index (κ1) is 24.2. The number of alkyl halides is 1. The highest BCUT2D eigenvalue weighted by atomic mass is 19.1. The molecule has 1 amide bonds. The Bertz CT molecular complexity index is 837. The van der Waals surface area contributed by atoms with Crippen LogP contribution in [0.2, 0.25) is 0 Å². The number of halogens is 1. The fourth-order valence-corrected chi connectivity index (χ4v) is 5.67. The van der Waals surface area contributed by atoms with Gasteiger partial charge in [0, 0.05) is 31.2 Å². The van der Waals surface area contributed by atoms with Gasteiger partial charge >= 0.3 is 0 Å². The zero-order valence-corrected chi connectivity index (χ0v) is 20.5. The number of carbonyl (C=O) groups is 1. The number of aromatic nitrogens is 2. The summed E-state index contributed by atoms with van der Waals surface area (Å²) in [4.78, 5) is 18.2. The summed E-state index contributed by atoms with van der Waals surface area (Å²) in [7, 11) is 4.28. The third kappa shape index (κ3) is 5.27. The molecule has 4 unspecified atom stereocenters. The minimum absolute atomic E-state index is 0.0324. The minimum Gasteiger partial charge on any atom is -0.381 e. The molecule has 4 rings (SSSR count). The molecule has 33 heavy (non-hydrogen) atoms. The number of anilines is 2. The lowest BCUT2D eigenvalue weighted by Crippen LogP contribution is -2.66. The number of hydrogen-bond donors (Lipinski definition) is 4. The van der Waals surface area contributed by atoms with Gasteiger partial charge in [-0.25, -0.2) is 9.07 Å². The molecule has 0 aromatic carbocycles. The molecule has 4 heterocycles. The lowest BCUT2D eigenvalue weighted by atomic mass is 9.81. The molecule has 1 aromatic heterocycles. The zero-order chi connectivity index (χ0) is 23.8. The second-order valence-corrected chi connectivity index (χ2v) is 10.7. The van der Waals surface area contributed by atoms with Crippen molar-refractivity contribution >= 4 is 17.5 Å². The van der Waals surface area contributed by atoms with Crippen LogP contribution in [0.4, 0.5) is 16.0 Å². The second-order valence-electron chi connectivity index (χ2n) is 10.7. The predicted octanol–water partition coefficient (Wildman–Crippen LogP) is 1.13. The first-order valence-electron chi connectivity index (χ1n) is 12.4. The van der Waals surface area contributed by atoms with Gasteiger partial charge in [-0.1, -0.05) is 6.92 Å². The highest BCUT2D eigenvalue weighted by Crippen LogP contribution is 2.31. The second kappa shape index (κ2) is 9.76. The van der Waals surface area contributed by atoms with Gasteiger partial charge in [0.05, 0.1) is 12.6 Å². The normalized spacial score (nSPS) is 31.3. The summed E-state index contributed by atoms with van der Waals surface area (Å²) in [5.74, 6) is 1.15. The third-order valence-corrected chi connectivity index (χ3v) is 7.78. The molecule has 0 aliphatic carbocycles. The summed E-state index contributed by atoms with van der Waals surface area (Å²) in [5, 5.41) is 14.1. The molecule has 0 radical (unpaired) electrons. The van der Waals surface area contributed by atoms with Gasteiger partial charge in [0.1, 0.15) is 17.6 Å². The molecule has 3 aliphatic rings. The standard InChI is InChI=1S/C23H41FN8O/c1-5-23(2)10-18(31-8-6-15(7-9-31)13-30(3)4)17(12-27-23)28-22(33)19-20(25)29-32-14-16(24)11-26-21(19)32/h15-18,26-27H,5-14H2,1-4H3,(H2,25,29)(H,28,33). The molecular weight excluding hydrogens is 423 g/mol. The fourth-order valence-electron chi connectivity index (χ4n) is 5.67. The molecular formula is C23H41FN8O. The van der Waals surface area contributed by atoms with Gasteiger partial charge in [0.15, 0.2) is 5.82 Å². The molecule has 2 fully saturated rings. The Labute approximate surface area is 196 Å². The Morgan fingerprint density at radius 2 is 2.06 bits per heavy atom. The molecule has 186 valence electrons. The van der Waals surface area contributed by atoms with Crippen molar-refractivity contribution in [1.29, 1.82) is 0 Å². The number of piperidine rings is 2. The minimum atomic E-state index is -1.04. The Morgan fingerprint density at radius 1 is 1.33 bits per heavy atom. The molecule has 2 saturated heterocycles. The quantitative estimate of drug-likeness (QED) is 0.500. The SMILES string of the molecule is CCC1(C)CC(N2CCC(CN(C)C)CC2)C(NC(=O)c2c(N)nn3c2NCC(F)C3)CN1. The van der Waals surface area contributed by atoms with Crippen LogP contribution in [0.1, 0.15) is 49.9 Å². The van der Waals surface area contributed by atoms with Gasteiger partial charge in [-0.3, -0.25) is 9.69 Å². The van der Waals surface area contributed by atoms with Crippen LogP contribution in [0.15, 0.2) is 0 Å². The topological polar surface area (TPSA) is 103 Å². The van der Waals surface area contributed by atoms with Crippen LogP contribution in [0, 0.1) is 5.92 Å². The largest absolute Gasteiger partial charge is 0.381 e. The Kier molecular flexibility index (Phi) is 7.16. The average molecular weight is 465 g/mol. The molecule has 10 heteroatoms. The predicted molar refractivity (Wildman–Crippen MR) is 129 cm³/mol. The number of nitrogens with zero attached hydrogens (tertiary/aromatic N) is 4. The Morgan fingerprint density at radius 3 is 2.73 bits per heavy atom. The van der Waals surface area contributed by atoms with Crippen LogP contribution in [0.25, 0.3) is 0 Å². The molecule has 3 aliphatic heterocycles. The number of nitrogens with two attached hydrogens (primary N) is 1. The summed E-state index contributed by atoms with van der Waals surface area (Å²) in [6, 6.07) is 0.228. The number of rotatable bonds is 6. The van der Waals surface area contributed by atoms with E-state index in [1.54, 1.807) is 0 Å². The average Bonchev–Trinajstić information content (AvgIpc) is 3.10. The van der Waals surface area contributed by atoms with Gasteiger partial charge in [-0.15, -0.1) is 0 Å². The van der Waals surface area contributed by atoms with Crippen LogP contribution in [-0.4, -0.2) is 96.1 Å². The van der Waals surface area contributed by atoms with E-state index in [2.05, 4.69) is 58.8 Å². The molecule has 0 bridgehead atoms. The van der Waals surface area contributed by atoms with Crippen molar-refractivity contribution in [3.63, 3.8) is 0 Å². The van der Waals surface area contributed by atoms with E-state index in [0.717, 1.165) is 38.4 Å². The van der Waals surface area contributed by atoms with Crippen LogP contribution < -0.4 is 21.7 Å². The smallest absolute Gasteiger partial charge is 0.259 e. The maximum Gasteiger partial charge on any atom is 0.259 e. The van der Waals surface area contributed by atoms with Crippen molar-refractivity contribution in [3.8, 4) is 0 Å². The van der Waals surface area contributed by atoms with E-state index in [1.807, 2.05) is 0 Å². The molecule has 5 N–H and O–H groups in total. The summed E-state index contributed by atoms with van der Waals surface area (Å²) in [6.07, 6.45) is 3.35. The van der Waals surface area contributed by atoms with Crippen LogP contribution in [0.3, 0.4) is 0 Å². The number of nitrogen functional groups attached to an aromatic ring is 1. The monoisotopic (exact) mass is 464 g/mol. The maximum absolute atomic E-state index is 13.8. The van der Waals surface area contributed by atoms with Crippen LogP contribution in [0.5, 0.6) is 0 Å². The van der Waals surface area contributed by atoms with E-state index in [1.165, 1.54) is 17.5 Å². The van der Waals surface area contributed by atoms with Gasteiger partial charge < -0.3 is 26.6 Å². The zero-order valence-electron chi connectivity index (χ0n) is 20.5. The number of amides is 1. The molecule has 0 spiro atoms. The lowest BCUT2D eigenvalue weighted by Gasteiger charge is -2.49. The fraction of sp³-hybridized carbons (Fsp3) is 0.826. The summed E-state index contributed by atoms with van der Waals surface area (Å²) in [6.45, 7) is 8.73. The summed E-state index contributed by atoms with van der Waals surface area (Å²) in [5.41, 5.74) is 6.47. The van der Waals surface area contributed by atoms with E-state index in [9.17, 15) is 9.18 Å². The van der Waals surface area contributed by atoms with Crippen LogP contribution in [-0.2, 0) is 6.54 Å². The van der Waals surface area contributed by atoms with E-state index >= 15 is 0 Å². The van der Waals surface area contributed by atoms with Crippen molar-refractivity contribution in [2.75, 3.05) is 57.9 Å². The first-order chi connectivity index (χ1) is 15.7. The number of nitrogens with one attached hydrogen (secondary N) is 3. The van der Waals surface area contributed by atoms with E-state index in [0.29, 0.717) is 17.9 Å². The summed E-state index contributed by atoms with van der Waals surface area (Å²) >= 11 is 0. The first-order valence-corrected chi connectivity index (χ1v) is 12.4. The Hall–Kier alpha value is -1.91. The van der Waals surface area contributed by atoms with E-state index in [4.69, 9.17) is 5.73 Å². The van der Waals surface area contributed by atoms with Crippen molar-refractivity contribution in [1.82, 2.24) is 30.2 Å². The number of likely N-dealkylation sites (tertiary alicyclic amines) is 1. The Balaban J connectivity index is 1.48. The molecule has 4 atom stereocenters. The van der Waals surface area contributed by atoms with Crippen molar-refractivity contribution in [3.05, 3.63) is 5.56 Å². The van der Waals surface area contributed by atoms with Crippen molar-refractivity contribution in [2.24, 2.45) is 5.92 Å². The van der Waals surface area contributed by atoms with Gasteiger partial charge in [-0.05, 0) is 65.7 Å². The van der Waals surface area contributed by atoms with Crippen molar-refractivity contribution < 1.29 is 9.18 Å². The highest BCUT2D eigenvalue weighted by Gasteiger charge is 2.41. The lowest BCUT2D eigenvalue weighted by molar-refractivity contribution is 0.0470. The highest BCUT2D eigenvalue weighted by molar-refractivity contribution is 6.03. The van der Waals surface area contributed by atoms with Gasteiger partial charge in [-0.2, -0.15) is 5.10 Å². The van der Waals surface area contributed by atoms with E-state index in [-0.39, 0.29) is 42.4 Å². The molecule has 1 aromatic rings. The molecule has 9 nitrogen and oxygen atoms in total. The number of fused-ring (bicyclic) bond motifs is 1. The van der Waals surface area contributed by atoms with Crippen LogP contribution >= 0.6 is 0 Å².